The van der Waals surface area contributed by atoms with Crippen LogP contribution in [0.4, 0.5) is 11.5 Å². The first-order valence-electron chi connectivity index (χ1n) is 18.0. The molecule has 56 heavy (non-hydrogen) atoms. The third-order valence-electron chi connectivity index (χ3n) is 9.28. The van der Waals surface area contributed by atoms with E-state index in [9.17, 15) is 24.0 Å². The summed E-state index contributed by atoms with van der Waals surface area (Å²) in [5, 5.41) is 6.02. The van der Waals surface area contributed by atoms with Crippen LogP contribution in [0.5, 0.6) is 5.75 Å². The average Bonchev–Trinajstić information content (AvgIpc) is 3.74. The van der Waals surface area contributed by atoms with E-state index < -0.39 is 17.9 Å². The maximum Gasteiger partial charge on any atom is 0.337 e. The molecule has 16 heteroatoms. The van der Waals surface area contributed by atoms with Crippen LogP contribution in [-0.2, 0) is 35.2 Å². The molecule has 4 amide bonds. The van der Waals surface area contributed by atoms with E-state index >= 15 is 0 Å². The first kappa shape index (κ1) is 38.2. The van der Waals surface area contributed by atoms with Crippen molar-refractivity contribution >= 4 is 62.7 Å². The molecule has 7 rings (SSSR count). The van der Waals surface area contributed by atoms with Gasteiger partial charge in [0.05, 0.1) is 42.2 Å². The minimum atomic E-state index is -0.729. The van der Waals surface area contributed by atoms with Gasteiger partial charge in [0.25, 0.3) is 5.91 Å². The molecule has 3 aromatic heterocycles. The maximum atomic E-state index is 12.9. The standard InChI is InChI=1S/C40H39N7O8S/c1-23-28(8-10-30(42-23)24-4-12-34(41-20-24)46(2)3)39-44-31-9-5-26(19-33(31)56-39)43-36(49)14-15-53-16-17-54-22-37(50)55-27-6-7-29-25(18-27)21-47(40(29)52)32-11-13-35(48)45-38(32)51/h4-10,12,18-20,32H,11,13-17,21-22H2,1-3H3,(H,43,49)(H,45,48,51). The number of fused-ring (bicyclic) bond motifs is 2. The molecule has 1 atom stereocenters. The highest BCUT2D eigenvalue weighted by molar-refractivity contribution is 7.21. The Kier molecular flexibility index (Phi) is 11.4. The van der Waals surface area contributed by atoms with Gasteiger partial charge in [0.1, 0.15) is 29.2 Å². The number of rotatable bonds is 14. The summed E-state index contributed by atoms with van der Waals surface area (Å²) in [6.45, 7) is 2.25. The van der Waals surface area contributed by atoms with E-state index in [1.54, 1.807) is 12.1 Å². The van der Waals surface area contributed by atoms with E-state index in [4.69, 9.17) is 24.2 Å². The molecular weight excluding hydrogens is 739 g/mol. The minimum absolute atomic E-state index is 0.111. The molecule has 2 N–H and O–H groups in total. The Morgan fingerprint density at radius 2 is 1.79 bits per heavy atom. The van der Waals surface area contributed by atoms with E-state index in [1.165, 1.54) is 22.3 Å². The molecule has 15 nitrogen and oxygen atoms in total. The van der Waals surface area contributed by atoms with Gasteiger partial charge in [-0.2, -0.15) is 0 Å². The zero-order valence-corrected chi connectivity index (χ0v) is 31.8. The molecule has 0 bridgehead atoms. The SMILES string of the molecule is Cc1nc(-c2ccc(N(C)C)nc2)ccc1-c1nc2ccc(NC(=O)CCOCCOCC(=O)Oc3ccc4c(c3)CN(C3CCC(=O)NC3=O)C4=O)cc2s1. The van der Waals surface area contributed by atoms with E-state index in [2.05, 4.69) is 15.6 Å². The Hall–Kier alpha value is -6.10. The normalized spacial score (nSPS) is 15.2. The van der Waals surface area contributed by atoms with E-state index in [-0.39, 0.29) is 75.7 Å². The zero-order valence-electron chi connectivity index (χ0n) is 31.0. The lowest BCUT2D eigenvalue weighted by molar-refractivity contribution is -0.140. The quantitative estimate of drug-likeness (QED) is 0.0697. The van der Waals surface area contributed by atoms with Crippen molar-refractivity contribution in [2.75, 3.05) is 50.7 Å². The molecular formula is C40H39N7O8S. The lowest BCUT2D eigenvalue weighted by Gasteiger charge is -2.29. The third kappa shape index (κ3) is 8.72. The van der Waals surface area contributed by atoms with Crippen molar-refractivity contribution in [3.63, 3.8) is 0 Å². The highest BCUT2D eigenvalue weighted by Crippen LogP contribution is 2.34. The molecule has 288 valence electrons. The summed E-state index contributed by atoms with van der Waals surface area (Å²) in [6, 6.07) is 17.5. The van der Waals surface area contributed by atoms with Crippen LogP contribution in [0.15, 0.2) is 66.9 Å². The Morgan fingerprint density at radius 3 is 2.55 bits per heavy atom. The van der Waals surface area contributed by atoms with Crippen LogP contribution in [0.2, 0.25) is 0 Å². The number of nitrogens with one attached hydrogen (secondary N) is 2. The second kappa shape index (κ2) is 16.7. The van der Waals surface area contributed by atoms with E-state index in [0.717, 1.165) is 43.6 Å². The summed E-state index contributed by atoms with van der Waals surface area (Å²) in [5.74, 6) is -0.887. The van der Waals surface area contributed by atoms with Crippen LogP contribution < -0.4 is 20.3 Å². The largest absolute Gasteiger partial charge is 0.425 e. The van der Waals surface area contributed by atoms with Crippen molar-refractivity contribution < 1.29 is 38.2 Å². The summed E-state index contributed by atoms with van der Waals surface area (Å²) >= 11 is 1.53. The Labute approximate surface area is 326 Å². The Bertz CT molecular complexity index is 2330. The first-order chi connectivity index (χ1) is 27.0. The molecule has 0 spiro atoms. The zero-order chi connectivity index (χ0) is 39.3. The molecule has 1 fully saturated rings. The van der Waals surface area contributed by atoms with Gasteiger partial charge >= 0.3 is 5.97 Å². The predicted molar refractivity (Wildman–Crippen MR) is 208 cm³/mol. The number of imide groups is 1. The third-order valence-corrected chi connectivity index (χ3v) is 10.3. The smallest absolute Gasteiger partial charge is 0.337 e. The fourth-order valence-corrected chi connectivity index (χ4v) is 7.49. The number of aryl methyl sites for hydroxylation is 1. The number of benzene rings is 2. The molecule has 0 saturated carbocycles. The highest BCUT2D eigenvalue weighted by Gasteiger charge is 2.39. The number of hydrogen-bond acceptors (Lipinski definition) is 13. The number of carbonyl (C=O) groups excluding carboxylic acids is 5. The predicted octanol–water partition coefficient (Wildman–Crippen LogP) is 4.52. The van der Waals surface area contributed by atoms with Crippen molar-refractivity contribution in [1.29, 1.82) is 0 Å². The number of esters is 1. The van der Waals surface area contributed by atoms with Crippen molar-refractivity contribution in [2.45, 2.75) is 38.8 Å². The van der Waals surface area contributed by atoms with Gasteiger partial charge in [0.15, 0.2) is 0 Å². The first-order valence-corrected chi connectivity index (χ1v) is 18.8. The number of piperidine rings is 1. The van der Waals surface area contributed by atoms with Crippen LogP contribution in [0, 0.1) is 6.92 Å². The Morgan fingerprint density at radius 1 is 0.964 bits per heavy atom. The number of anilines is 2. The summed E-state index contributed by atoms with van der Waals surface area (Å²) < 4.78 is 17.2. The van der Waals surface area contributed by atoms with Crippen molar-refractivity contribution in [1.82, 2.24) is 25.2 Å². The molecule has 1 saturated heterocycles. The topological polar surface area (TPSA) is 182 Å². The summed E-state index contributed by atoms with van der Waals surface area (Å²) in [7, 11) is 3.90. The molecule has 2 aromatic carbocycles. The Balaban J connectivity index is 0.811. The van der Waals surface area contributed by atoms with Gasteiger partial charge in [-0.25, -0.2) is 14.8 Å². The molecule has 5 aromatic rings. The van der Waals surface area contributed by atoms with Crippen LogP contribution in [0.1, 0.15) is 40.9 Å². The number of pyridine rings is 2. The van der Waals surface area contributed by atoms with Gasteiger partial charge in [-0.15, -0.1) is 11.3 Å². The number of nitrogens with zero attached hydrogens (tertiary/aromatic N) is 5. The van der Waals surface area contributed by atoms with Crippen LogP contribution >= 0.6 is 11.3 Å². The van der Waals surface area contributed by atoms with Crippen molar-refractivity contribution in [3.8, 4) is 27.6 Å². The average molecular weight is 778 g/mol. The van der Waals surface area contributed by atoms with Crippen molar-refractivity contribution in [3.05, 3.63) is 83.7 Å². The van der Waals surface area contributed by atoms with Gasteiger partial charge in [0, 0.05) is 61.3 Å². The molecule has 5 heterocycles. The fourth-order valence-electron chi connectivity index (χ4n) is 6.41. The molecule has 2 aliphatic heterocycles. The molecule has 0 aliphatic carbocycles. The lowest BCUT2D eigenvalue weighted by Crippen LogP contribution is -2.52. The number of amides is 4. The van der Waals surface area contributed by atoms with Crippen LogP contribution in [-0.4, -0.2) is 96.0 Å². The maximum absolute atomic E-state index is 12.9. The van der Waals surface area contributed by atoms with Gasteiger partial charge in [0.2, 0.25) is 17.7 Å². The van der Waals surface area contributed by atoms with Crippen molar-refractivity contribution in [2.24, 2.45) is 0 Å². The van der Waals surface area contributed by atoms with Gasteiger partial charge in [-0.3, -0.25) is 29.5 Å². The van der Waals surface area contributed by atoms with Gasteiger partial charge in [-0.05, 0) is 79.6 Å². The monoisotopic (exact) mass is 777 g/mol. The van der Waals surface area contributed by atoms with Gasteiger partial charge < -0.3 is 29.3 Å². The number of ether oxygens (including phenoxy) is 3. The summed E-state index contributed by atoms with van der Waals surface area (Å²) in [5.41, 5.74) is 6.08. The number of carbonyl (C=O) groups is 5. The van der Waals surface area contributed by atoms with Crippen LogP contribution in [0.25, 0.3) is 32.0 Å². The summed E-state index contributed by atoms with van der Waals surface area (Å²) in [6.07, 6.45) is 2.37. The van der Waals surface area contributed by atoms with E-state index in [0.29, 0.717) is 16.8 Å². The molecule has 0 radical (unpaired) electrons. The number of hydrogen-bond donors (Lipinski definition) is 2. The molecule has 1 unspecified atom stereocenters. The number of thiazole rings is 1. The fraction of sp³-hybridized carbons (Fsp3) is 0.300. The lowest BCUT2D eigenvalue weighted by atomic mass is 10.0. The highest BCUT2D eigenvalue weighted by atomic mass is 32.1. The number of aromatic nitrogens is 3. The van der Waals surface area contributed by atoms with Crippen LogP contribution in [0.3, 0.4) is 0 Å². The minimum Gasteiger partial charge on any atom is -0.425 e. The second-order valence-electron chi connectivity index (χ2n) is 13.5. The van der Waals surface area contributed by atoms with Gasteiger partial charge in [-0.1, -0.05) is 0 Å². The second-order valence-corrected chi connectivity index (χ2v) is 14.5. The van der Waals surface area contributed by atoms with E-state index in [1.807, 2.05) is 74.6 Å². The summed E-state index contributed by atoms with van der Waals surface area (Å²) in [4.78, 5) is 79.1. The molecule has 2 aliphatic rings.